The van der Waals surface area contributed by atoms with Crippen LogP contribution in [-0.2, 0) is 17.8 Å². The van der Waals surface area contributed by atoms with Crippen LogP contribution in [0.15, 0.2) is 60.0 Å². The lowest BCUT2D eigenvalue weighted by atomic mass is 10.0. The Balaban J connectivity index is 1.48. The summed E-state index contributed by atoms with van der Waals surface area (Å²) < 4.78 is 5.40. The number of ether oxygens (including phenoxy) is 1. The fourth-order valence-electron chi connectivity index (χ4n) is 3.14. The van der Waals surface area contributed by atoms with Crippen molar-refractivity contribution in [2.24, 2.45) is 16.8 Å². The average molecular weight is 382 g/mol. The Labute approximate surface area is 164 Å². The smallest absolute Gasteiger partial charge is 0.410 e. The molecule has 0 aliphatic carbocycles. The molecule has 1 aromatic heterocycles. The number of benzene rings is 1. The van der Waals surface area contributed by atoms with Gasteiger partial charge in [-0.15, -0.1) is 0 Å². The molecule has 8 heteroatoms. The van der Waals surface area contributed by atoms with E-state index in [0.29, 0.717) is 18.9 Å². The average Bonchev–Trinajstić information content (AvgIpc) is 2.71. The molecule has 1 atom stereocenters. The third-order valence-corrected chi connectivity index (χ3v) is 4.77. The lowest BCUT2D eigenvalue weighted by molar-refractivity contribution is 0.0590. The van der Waals surface area contributed by atoms with Gasteiger partial charge < -0.3 is 10.6 Å². The number of carbonyl (C=O) groups excluding carboxylic acids is 1. The predicted molar refractivity (Wildman–Crippen MR) is 107 cm³/mol. The zero-order valence-corrected chi connectivity index (χ0v) is 15.8. The summed E-state index contributed by atoms with van der Waals surface area (Å²) in [6, 6.07) is 13.3. The van der Waals surface area contributed by atoms with Crippen molar-refractivity contribution in [3.63, 3.8) is 0 Å². The van der Waals surface area contributed by atoms with Gasteiger partial charge in [0.1, 0.15) is 6.61 Å². The number of hydrazine groups is 1. The number of hydrogen-bond acceptors (Lipinski definition) is 6. The molecule has 0 bridgehead atoms. The summed E-state index contributed by atoms with van der Waals surface area (Å²) in [6.07, 6.45) is 5.64. The highest BCUT2D eigenvalue weighted by molar-refractivity contribution is 5.91. The summed E-state index contributed by atoms with van der Waals surface area (Å²) in [7, 11) is 0. The Morgan fingerprint density at radius 3 is 2.68 bits per heavy atom. The molecule has 3 rings (SSSR count). The monoisotopic (exact) mass is 382 g/mol. The number of carbonyl (C=O) groups is 1. The quantitative estimate of drug-likeness (QED) is 0.327. The molecule has 4 N–H and O–H groups in total. The van der Waals surface area contributed by atoms with E-state index < -0.39 is 0 Å². The van der Waals surface area contributed by atoms with Crippen molar-refractivity contribution >= 4 is 11.9 Å². The molecule has 1 saturated heterocycles. The molecular formula is C20H26N6O2. The standard InChI is InChI=1S/C20H26N6O2/c21-24-19(26(22)12-5-9-16-8-4-11-23-14-16)18-10-13-25(18)20(27)28-15-17-6-2-1-3-7-17/h1-4,6-8,11,14,18H,5,9-10,12-13,15,21-22H2/b24-19-. The van der Waals surface area contributed by atoms with Gasteiger partial charge in [0.15, 0.2) is 5.84 Å². The molecular weight excluding hydrogens is 356 g/mol. The lowest BCUT2D eigenvalue weighted by Crippen LogP contribution is -2.60. The first-order valence-electron chi connectivity index (χ1n) is 9.35. The molecule has 0 radical (unpaired) electrons. The minimum absolute atomic E-state index is 0.232. The maximum absolute atomic E-state index is 12.4. The van der Waals surface area contributed by atoms with Crippen molar-refractivity contribution in [2.75, 3.05) is 13.1 Å². The molecule has 1 aromatic carbocycles. The van der Waals surface area contributed by atoms with Crippen LogP contribution in [0.2, 0.25) is 0 Å². The number of rotatable bonds is 7. The van der Waals surface area contributed by atoms with Gasteiger partial charge in [-0.3, -0.25) is 14.9 Å². The molecule has 1 fully saturated rings. The van der Waals surface area contributed by atoms with Crippen LogP contribution in [0.25, 0.3) is 0 Å². The molecule has 1 unspecified atom stereocenters. The zero-order valence-electron chi connectivity index (χ0n) is 15.8. The highest BCUT2D eigenvalue weighted by Gasteiger charge is 2.38. The fraction of sp³-hybridized carbons (Fsp3) is 0.350. The summed E-state index contributed by atoms with van der Waals surface area (Å²) in [6.45, 7) is 1.41. The lowest BCUT2D eigenvalue weighted by Gasteiger charge is -2.42. The van der Waals surface area contributed by atoms with E-state index in [4.69, 9.17) is 16.4 Å². The maximum Gasteiger partial charge on any atom is 0.410 e. The van der Waals surface area contributed by atoms with Gasteiger partial charge in [0.25, 0.3) is 0 Å². The fourth-order valence-corrected chi connectivity index (χ4v) is 3.14. The molecule has 148 valence electrons. The number of amides is 1. The van der Waals surface area contributed by atoms with Crippen LogP contribution in [0, 0.1) is 0 Å². The van der Waals surface area contributed by atoms with Gasteiger partial charge in [0.05, 0.1) is 6.04 Å². The number of pyridine rings is 1. The number of nitrogens with zero attached hydrogens (tertiary/aromatic N) is 4. The Morgan fingerprint density at radius 1 is 1.25 bits per heavy atom. The number of hydrogen-bond donors (Lipinski definition) is 2. The number of likely N-dealkylation sites (tertiary alicyclic amines) is 1. The zero-order chi connectivity index (χ0) is 19.8. The molecule has 28 heavy (non-hydrogen) atoms. The van der Waals surface area contributed by atoms with Crippen LogP contribution < -0.4 is 11.7 Å². The van der Waals surface area contributed by atoms with Crippen LogP contribution in [0.1, 0.15) is 24.0 Å². The van der Waals surface area contributed by atoms with Crippen molar-refractivity contribution in [1.82, 2.24) is 14.9 Å². The highest BCUT2D eigenvalue weighted by Crippen LogP contribution is 2.21. The van der Waals surface area contributed by atoms with Crippen molar-refractivity contribution in [3.8, 4) is 0 Å². The van der Waals surface area contributed by atoms with E-state index >= 15 is 0 Å². The molecule has 0 saturated carbocycles. The molecule has 2 aromatic rings. The van der Waals surface area contributed by atoms with Gasteiger partial charge in [0.2, 0.25) is 0 Å². The number of amidine groups is 1. The van der Waals surface area contributed by atoms with Gasteiger partial charge in [-0.1, -0.05) is 36.4 Å². The summed E-state index contributed by atoms with van der Waals surface area (Å²) in [5.41, 5.74) is 2.09. The van der Waals surface area contributed by atoms with Crippen LogP contribution in [0.4, 0.5) is 4.79 Å². The van der Waals surface area contributed by atoms with Gasteiger partial charge in [-0.2, -0.15) is 5.10 Å². The number of hydrazone groups is 1. The van der Waals surface area contributed by atoms with Gasteiger partial charge in [0, 0.05) is 25.5 Å². The molecule has 2 heterocycles. The molecule has 8 nitrogen and oxygen atoms in total. The minimum atomic E-state index is -0.384. The largest absolute Gasteiger partial charge is 0.445 e. The van der Waals surface area contributed by atoms with Crippen molar-refractivity contribution < 1.29 is 9.53 Å². The Bertz CT molecular complexity index is 784. The predicted octanol–water partition coefficient (Wildman–Crippen LogP) is 1.87. The topological polar surface area (TPSA) is 110 Å². The molecule has 0 spiro atoms. The van der Waals surface area contributed by atoms with Crippen LogP contribution in [0.5, 0.6) is 0 Å². The minimum Gasteiger partial charge on any atom is -0.445 e. The van der Waals surface area contributed by atoms with E-state index in [1.807, 2.05) is 48.7 Å². The van der Waals surface area contributed by atoms with Crippen molar-refractivity contribution in [1.29, 1.82) is 0 Å². The van der Waals surface area contributed by atoms with Crippen LogP contribution in [0.3, 0.4) is 0 Å². The Hall–Kier alpha value is -3.13. The first-order chi connectivity index (χ1) is 13.7. The normalized spacial score (nSPS) is 16.4. The van der Waals surface area contributed by atoms with Crippen molar-refractivity contribution in [2.45, 2.75) is 31.9 Å². The van der Waals surface area contributed by atoms with Crippen molar-refractivity contribution in [3.05, 3.63) is 66.0 Å². The summed E-state index contributed by atoms with van der Waals surface area (Å²) >= 11 is 0. The van der Waals surface area contributed by atoms with E-state index in [0.717, 1.165) is 30.4 Å². The van der Waals surface area contributed by atoms with E-state index in [9.17, 15) is 4.79 Å². The number of aromatic nitrogens is 1. The molecule has 1 aliphatic heterocycles. The van der Waals surface area contributed by atoms with Crippen LogP contribution in [-0.4, -0.2) is 46.0 Å². The third-order valence-electron chi connectivity index (χ3n) is 4.77. The summed E-state index contributed by atoms with van der Waals surface area (Å²) in [5.74, 6) is 12.2. The second-order valence-corrected chi connectivity index (χ2v) is 6.68. The summed E-state index contributed by atoms with van der Waals surface area (Å²) in [5, 5.41) is 5.37. The molecule has 1 aliphatic rings. The van der Waals surface area contributed by atoms with Gasteiger partial charge in [-0.05, 0) is 36.5 Å². The Morgan fingerprint density at radius 2 is 2.04 bits per heavy atom. The van der Waals surface area contributed by atoms with E-state index in [1.165, 1.54) is 5.01 Å². The van der Waals surface area contributed by atoms with Gasteiger partial charge in [-0.25, -0.2) is 10.6 Å². The van der Waals surface area contributed by atoms with E-state index in [-0.39, 0.29) is 18.7 Å². The first-order valence-corrected chi connectivity index (χ1v) is 9.35. The van der Waals surface area contributed by atoms with E-state index in [1.54, 1.807) is 11.1 Å². The van der Waals surface area contributed by atoms with E-state index in [2.05, 4.69) is 10.1 Å². The SMILES string of the molecule is N/N=C(/C1CCN1C(=O)OCc1ccccc1)N(N)CCCc1cccnc1. The molecule has 1 amide bonds. The number of aryl methyl sites for hydroxylation is 1. The van der Waals surface area contributed by atoms with Crippen LogP contribution >= 0.6 is 0 Å². The first kappa shape index (κ1) is 19.6. The second-order valence-electron chi connectivity index (χ2n) is 6.68. The Kier molecular flexibility index (Phi) is 6.80. The second kappa shape index (κ2) is 9.70. The third kappa shape index (κ3) is 4.98. The maximum atomic E-state index is 12.4. The number of nitrogens with two attached hydrogens (primary N) is 2. The summed E-state index contributed by atoms with van der Waals surface area (Å²) in [4.78, 5) is 18.1. The van der Waals surface area contributed by atoms with Gasteiger partial charge >= 0.3 is 6.09 Å². The highest BCUT2D eigenvalue weighted by atomic mass is 16.6.